The molecule has 18 heavy (non-hydrogen) atoms. The molecule has 0 aliphatic rings. The first-order valence-electron chi connectivity index (χ1n) is 6.57. The molecule has 1 aromatic rings. The van der Waals surface area contributed by atoms with Gasteiger partial charge in [-0.15, -0.1) is 0 Å². The second-order valence-electron chi connectivity index (χ2n) is 5.48. The van der Waals surface area contributed by atoms with Gasteiger partial charge in [-0.3, -0.25) is 0 Å². The zero-order chi connectivity index (χ0) is 13.7. The molecule has 0 fully saturated rings. The highest BCUT2D eigenvalue weighted by Gasteiger charge is 2.17. The minimum atomic E-state index is -0.219. The number of halogens is 2. The first-order chi connectivity index (χ1) is 8.41. The number of hydrogen-bond acceptors (Lipinski definition) is 1. The van der Waals surface area contributed by atoms with Crippen molar-refractivity contribution >= 4 is 11.6 Å². The molecular weight excluding hydrogens is 249 g/mol. The fraction of sp³-hybridized carbons (Fsp3) is 0.600. The van der Waals surface area contributed by atoms with Gasteiger partial charge >= 0.3 is 0 Å². The van der Waals surface area contributed by atoms with Crippen LogP contribution in [0, 0.1) is 17.7 Å². The molecule has 0 bridgehead atoms. The summed E-state index contributed by atoms with van der Waals surface area (Å²) in [5.74, 6) is 1.09. The summed E-state index contributed by atoms with van der Waals surface area (Å²) in [5.41, 5.74) is 0.899. The van der Waals surface area contributed by atoms with Crippen LogP contribution >= 0.6 is 11.6 Å². The van der Waals surface area contributed by atoms with E-state index in [1.54, 1.807) is 12.1 Å². The molecular formula is C15H23ClFN. The summed E-state index contributed by atoms with van der Waals surface area (Å²) in [6.07, 6.45) is 0. The van der Waals surface area contributed by atoms with Crippen molar-refractivity contribution in [1.29, 1.82) is 0 Å². The number of rotatable bonds is 6. The second kappa shape index (κ2) is 7.10. The van der Waals surface area contributed by atoms with E-state index in [4.69, 9.17) is 11.6 Å². The molecule has 1 nitrogen and oxygen atoms in total. The molecule has 1 aromatic carbocycles. The summed E-state index contributed by atoms with van der Waals surface area (Å²) in [7, 11) is 0. The topological polar surface area (TPSA) is 12.0 Å². The van der Waals surface area contributed by atoms with Gasteiger partial charge in [-0.2, -0.15) is 0 Å². The van der Waals surface area contributed by atoms with E-state index in [1.165, 1.54) is 6.07 Å². The Morgan fingerprint density at radius 1 is 1.17 bits per heavy atom. The van der Waals surface area contributed by atoms with Gasteiger partial charge in [-0.1, -0.05) is 39.3 Å². The maximum absolute atomic E-state index is 13.3. The predicted octanol–water partition coefficient (Wildman–Crippen LogP) is 4.46. The molecule has 0 amide bonds. The van der Waals surface area contributed by atoms with E-state index in [9.17, 15) is 4.39 Å². The Morgan fingerprint density at radius 3 is 2.44 bits per heavy atom. The van der Waals surface area contributed by atoms with Crippen LogP contribution in [0.1, 0.15) is 39.2 Å². The molecule has 0 spiro atoms. The van der Waals surface area contributed by atoms with E-state index in [0.29, 0.717) is 16.9 Å². The summed E-state index contributed by atoms with van der Waals surface area (Å²) in [6.45, 7) is 10.6. The minimum absolute atomic E-state index is 0.219. The molecule has 2 unspecified atom stereocenters. The summed E-state index contributed by atoms with van der Waals surface area (Å²) >= 11 is 6.13. The first kappa shape index (κ1) is 15.5. The van der Waals surface area contributed by atoms with E-state index >= 15 is 0 Å². The third kappa shape index (κ3) is 4.58. The van der Waals surface area contributed by atoms with Crippen LogP contribution in [0.4, 0.5) is 4.39 Å². The first-order valence-corrected chi connectivity index (χ1v) is 6.95. The average molecular weight is 272 g/mol. The van der Waals surface area contributed by atoms with Gasteiger partial charge in [-0.25, -0.2) is 4.39 Å². The number of benzene rings is 1. The zero-order valence-electron chi connectivity index (χ0n) is 11.6. The van der Waals surface area contributed by atoms with Crippen LogP contribution in [0.2, 0.25) is 5.02 Å². The van der Waals surface area contributed by atoms with Gasteiger partial charge in [0.15, 0.2) is 0 Å². The van der Waals surface area contributed by atoms with Crippen molar-refractivity contribution in [2.24, 2.45) is 11.8 Å². The summed E-state index contributed by atoms with van der Waals surface area (Å²) in [6, 6.07) is 4.59. The highest BCUT2D eigenvalue weighted by molar-refractivity contribution is 6.31. The van der Waals surface area contributed by atoms with Gasteiger partial charge in [0.25, 0.3) is 0 Å². The van der Waals surface area contributed by atoms with Crippen LogP contribution < -0.4 is 5.32 Å². The summed E-state index contributed by atoms with van der Waals surface area (Å²) < 4.78 is 13.3. The molecule has 0 radical (unpaired) electrons. The standard InChI is InChI=1S/C15H23ClFN/c1-10(2)8-18-9-11(3)12(4)14-7-13(17)5-6-15(14)16/h5-7,10-12,18H,8-9H2,1-4H3. The molecule has 0 aromatic heterocycles. The van der Waals surface area contributed by atoms with E-state index in [2.05, 4.69) is 33.0 Å². The van der Waals surface area contributed by atoms with Crippen LogP contribution in [0.5, 0.6) is 0 Å². The average Bonchev–Trinajstić information content (AvgIpc) is 2.30. The van der Waals surface area contributed by atoms with Gasteiger partial charge in [0, 0.05) is 5.02 Å². The van der Waals surface area contributed by atoms with E-state index in [1.807, 2.05) is 0 Å². The molecule has 102 valence electrons. The molecule has 0 aliphatic heterocycles. The van der Waals surface area contributed by atoms with Gasteiger partial charge in [0.05, 0.1) is 0 Å². The Hall–Kier alpha value is -0.600. The molecule has 0 saturated heterocycles. The monoisotopic (exact) mass is 271 g/mol. The van der Waals surface area contributed by atoms with Crippen molar-refractivity contribution in [3.8, 4) is 0 Å². The summed E-state index contributed by atoms with van der Waals surface area (Å²) in [4.78, 5) is 0. The number of nitrogens with one attached hydrogen (secondary N) is 1. The lowest BCUT2D eigenvalue weighted by Gasteiger charge is -2.22. The molecule has 0 aliphatic carbocycles. The van der Waals surface area contributed by atoms with Gasteiger partial charge in [0.1, 0.15) is 5.82 Å². The van der Waals surface area contributed by atoms with Crippen molar-refractivity contribution < 1.29 is 4.39 Å². The Balaban J connectivity index is 2.62. The Bertz CT molecular complexity index is 379. The lowest BCUT2D eigenvalue weighted by molar-refractivity contribution is 0.427. The predicted molar refractivity (Wildman–Crippen MR) is 76.7 cm³/mol. The lowest BCUT2D eigenvalue weighted by atomic mass is 9.88. The fourth-order valence-corrected chi connectivity index (χ4v) is 2.24. The summed E-state index contributed by atoms with van der Waals surface area (Å²) in [5, 5.41) is 4.08. The molecule has 0 heterocycles. The Labute approximate surface area is 115 Å². The molecule has 2 atom stereocenters. The smallest absolute Gasteiger partial charge is 0.123 e. The Kier molecular flexibility index (Phi) is 6.10. The zero-order valence-corrected chi connectivity index (χ0v) is 12.4. The second-order valence-corrected chi connectivity index (χ2v) is 5.89. The lowest BCUT2D eigenvalue weighted by Crippen LogP contribution is -2.27. The van der Waals surface area contributed by atoms with Crippen LogP contribution in [-0.2, 0) is 0 Å². The minimum Gasteiger partial charge on any atom is -0.316 e. The van der Waals surface area contributed by atoms with E-state index in [0.717, 1.165) is 18.7 Å². The van der Waals surface area contributed by atoms with Crippen LogP contribution in [-0.4, -0.2) is 13.1 Å². The van der Waals surface area contributed by atoms with Crippen LogP contribution in [0.25, 0.3) is 0 Å². The normalized spacial score (nSPS) is 14.8. The maximum atomic E-state index is 13.3. The highest BCUT2D eigenvalue weighted by atomic mass is 35.5. The van der Waals surface area contributed by atoms with Gasteiger partial charge < -0.3 is 5.32 Å². The van der Waals surface area contributed by atoms with Gasteiger partial charge in [0.2, 0.25) is 0 Å². The van der Waals surface area contributed by atoms with Crippen molar-refractivity contribution in [3.05, 3.63) is 34.6 Å². The number of hydrogen-bond donors (Lipinski definition) is 1. The molecule has 1 N–H and O–H groups in total. The van der Waals surface area contributed by atoms with Crippen molar-refractivity contribution in [2.75, 3.05) is 13.1 Å². The van der Waals surface area contributed by atoms with E-state index < -0.39 is 0 Å². The highest BCUT2D eigenvalue weighted by Crippen LogP contribution is 2.30. The SMILES string of the molecule is CC(C)CNCC(C)C(C)c1cc(F)ccc1Cl. The maximum Gasteiger partial charge on any atom is 0.123 e. The third-order valence-electron chi connectivity index (χ3n) is 3.32. The van der Waals surface area contributed by atoms with E-state index in [-0.39, 0.29) is 11.7 Å². The Morgan fingerprint density at radius 2 is 1.83 bits per heavy atom. The van der Waals surface area contributed by atoms with Crippen molar-refractivity contribution in [2.45, 2.75) is 33.6 Å². The fourth-order valence-electron chi connectivity index (χ4n) is 1.95. The molecule has 1 rings (SSSR count). The quantitative estimate of drug-likeness (QED) is 0.805. The molecule has 0 saturated carbocycles. The van der Waals surface area contributed by atoms with Crippen LogP contribution in [0.15, 0.2) is 18.2 Å². The molecule has 3 heteroatoms. The largest absolute Gasteiger partial charge is 0.316 e. The van der Waals surface area contributed by atoms with Crippen molar-refractivity contribution in [1.82, 2.24) is 5.32 Å². The van der Waals surface area contributed by atoms with Crippen LogP contribution in [0.3, 0.4) is 0 Å². The van der Waals surface area contributed by atoms with Crippen molar-refractivity contribution in [3.63, 3.8) is 0 Å². The van der Waals surface area contributed by atoms with Gasteiger partial charge in [-0.05, 0) is 54.6 Å². The third-order valence-corrected chi connectivity index (χ3v) is 3.67.